The van der Waals surface area contributed by atoms with Crippen LogP contribution in [0.15, 0.2) is 6.20 Å². The average Bonchev–Trinajstić information content (AvgIpc) is 2.74. The second-order valence-corrected chi connectivity index (χ2v) is 6.56. The first-order chi connectivity index (χ1) is 7.47. The van der Waals surface area contributed by atoms with Gasteiger partial charge in [-0.25, -0.2) is 4.98 Å². The summed E-state index contributed by atoms with van der Waals surface area (Å²) in [5.41, 5.74) is -0.634. The lowest BCUT2D eigenvalue weighted by molar-refractivity contribution is -0.00473. The van der Waals surface area contributed by atoms with Gasteiger partial charge in [0.05, 0.1) is 5.60 Å². The molecule has 0 saturated carbocycles. The summed E-state index contributed by atoms with van der Waals surface area (Å²) < 4.78 is 0.592. The van der Waals surface area contributed by atoms with Gasteiger partial charge in [-0.15, -0.1) is 11.3 Å². The zero-order valence-electron chi connectivity index (χ0n) is 9.61. The Bertz CT molecular complexity index is 361. The number of rotatable bonds is 3. The fraction of sp³-hybridized carbons (Fsp3) is 0.727. The molecular weight excluding hydrogens is 244 g/mol. The van der Waals surface area contributed by atoms with Gasteiger partial charge in [0.25, 0.3) is 0 Å². The molecule has 0 bridgehead atoms. The Morgan fingerprint density at radius 3 is 3.00 bits per heavy atom. The van der Waals surface area contributed by atoms with Crippen LogP contribution in [0.4, 0.5) is 0 Å². The summed E-state index contributed by atoms with van der Waals surface area (Å²) in [5, 5.41) is 10.1. The Morgan fingerprint density at radius 2 is 2.44 bits per heavy atom. The van der Waals surface area contributed by atoms with Crippen LogP contribution in [-0.4, -0.2) is 33.2 Å². The lowest BCUT2D eigenvalue weighted by Crippen LogP contribution is -2.45. The smallest absolute Gasteiger partial charge is 0.183 e. The monoisotopic (exact) mass is 260 g/mol. The molecule has 0 amide bonds. The first kappa shape index (κ1) is 12.3. The second kappa shape index (κ2) is 4.61. The van der Waals surface area contributed by atoms with Gasteiger partial charge < -0.3 is 5.11 Å². The van der Waals surface area contributed by atoms with Crippen LogP contribution in [0.5, 0.6) is 0 Å². The molecule has 1 fully saturated rings. The zero-order valence-corrected chi connectivity index (χ0v) is 11.2. The zero-order chi connectivity index (χ0) is 11.8. The van der Waals surface area contributed by atoms with Gasteiger partial charge in [-0.3, -0.25) is 4.90 Å². The Kier molecular flexibility index (Phi) is 3.54. The predicted octanol–water partition coefficient (Wildman–Crippen LogP) is 2.53. The van der Waals surface area contributed by atoms with E-state index in [-0.39, 0.29) is 6.04 Å². The standard InChI is InChI=1S/C11H17ClN2OS/c1-11(2,15)9-4-3-5-14(9)7-8-6-13-10(12)16-8/h6,9,15H,3-5,7H2,1-2H3. The van der Waals surface area contributed by atoms with Crippen molar-refractivity contribution < 1.29 is 5.11 Å². The number of likely N-dealkylation sites (tertiary alicyclic amines) is 1. The molecule has 0 aliphatic carbocycles. The summed E-state index contributed by atoms with van der Waals surface area (Å²) in [7, 11) is 0. The number of hydrogen-bond donors (Lipinski definition) is 1. The third kappa shape index (κ3) is 2.74. The number of nitrogens with zero attached hydrogens (tertiary/aromatic N) is 2. The van der Waals surface area contributed by atoms with Gasteiger partial charge in [-0.2, -0.15) is 0 Å². The molecule has 1 N–H and O–H groups in total. The molecule has 1 aliphatic rings. The number of aromatic nitrogens is 1. The van der Waals surface area contributed by atoms with Crippen molar-refractivity contribution in [1.82, 2.24) is 9.88 Å². The summed E-state index contributed by atoms with van der Waals surface area (Å²) in [6, 6.07) is 0.244. The van der Waals surface area contributed by atoms with E-state index in [0.29, 0.717) is 4.47 Å². The summed E-state index contributed by atoms with van der Waals surface area (Å²) in [6.45, 7) is 5.66. The highest BCUT2D eigenvalue weighted by atomic mass is 35.5. The first-order valence-corrected chi connectivity index (χ1v) is 6.73. The molecule has 5 heteroatoms. The highest BCUT2D eigenvalue weighted by molar-refractivity contribution is 7.15. The third-order valence-corrected chi connectivity index (χ3v) is 4.16. The van der Waals surface area contributed by atoms with E-state index in [4.69, 9.17) is 11.6 Å². The van der Waals surface area contributed by atoms with Crippen molar-refractivity contribution in [2.75, 3.05) is 6.54 Å². The molecule has 3 nitrogen and oxygen atoms in total. The maximum Gasteiger partial charge on any atom is 0.183 e. The van der Waals surface area contributed by atoms with Gasteiger partial charge in [0, 0.05) is 23.7 Å². The molecule has 2 heterocycles. The molecule has 90 valence electrons. The molecule has 2 rings (SSSR count). The highest BCUT2D eigenvalue weighted by Crippen LogP contribution is 2.29. The number of halogens is 1. The molecule has 0 radical (unpaired) electrons. The minimum Gasteiger partial charge on any atom is -0.389 e. The molecule has 1 saturated heterocycles. The Balaban J connectivity index is 2.04. The van der Waals surface area contributed by atoms with E-state index >= 15 is 0 Å². The summed E-state index contributed by atoms with van der Waals surface area (Å²) >= 11 is 7.33. The molecule has 1 unspecified atom stereocenters. The van der Waals surface area contributed by atoms with E-state index in [2.05, 4.69) is 9.88 Å². The molecule has 0 aromatic carbocycles. The fourth-order valence-corrected chi connectivity index (χ4v) is 3.38. The van der Waals surface area contributed by atoms with Crippen molar-refractivity contribution in [3.63, 3.8) is 0 Å². The molecule has 0 spiro atoms. The van der Waals surface area contributed by atoms with Gasteiger partial charge in [0.1, 0.15) is 0 Å². The van der Waals surface area contributed by atoms with Crippen molar-refractivity contribution in [2.45, 2.75) is 44.9 Å². The van der Waals surface area contributed by atoms with Crippen LogP contribution in [-0.2, 0) is 6.54 Å². The van der Waals surface area contributed by atoms with Crippen LogP contribution in [0, 0.1) is 0 Å². The van der Waals surface area contributed by atoms with Crippen LogP contribution in [0.3, 0.4) is 0 Å². The van der Waals surface area contributed by atoms with E-state index < -0.39 is 5.60 Å². The summed E-state index contributed by atoms with van der Waals surface area (Å²) in [6.07, 6.45) is 4.05. The molecule has 1 aromatic heterocycles. The highest BCUT2D eigenvalue weighted by Gasteiger charge is 2.35. The molecule has 1 aliphatic heterocycles. The van der Waals surface area contributed by atoms with E-state index in [1.165, 1.54) is 16.2 Å². The van der Waals surface area contributed by atoms with E-state index in [1.807, 2.05) is 20.0 Å². The van der Waals surface area contributed by atoms with Crippen molar-refractivity contribution in [3.05, 3.63) is 15.5 Å². The molecular formula is C11H17ClN2OS. The second-order valence-electron chi connectivity index (χ2n) is 4.86. The van der Waals surface area contributed by atoms with Gasteiger partial charge >= 0.3 is 0 Å². The lowest BCUT2D eigenvalue weighted by atomic mass is 9.97. The molecule has 16 heavy (non-hydrogen) atoms. The van der Waals surface area contributed by atoms with Crippen molar-refractivity contribution in [1.29, 1.82) is 0 Å². The fourth-order valence-electron chi connectivity index (χ4n) is 2.37. The SMILES string of the molecule is CC(C)(O)C1CCCN1Cc1cnc(Cl)s1. The van der Waals surface area contributed by atoms with Gasteiger partial charge in [-0.05, 0) is 33.2 Å². The van der Waals surface area contributed by atoms with Gasteiger partial charge in [-0.1, -0.05) is 11.6 Å². The Hall–Kier alpha value is -0.160. The van der Waals surface area contributed by atoms with E-state index in [9.17, 15) is 5.11 Å². The van der Waals surface area contributed by atoms with Crippen LogP contribution in [0.2, 0.25) is 4.47 Å². The van der Waals surface area contributed by atoms with Gasteiger partial charge in [0.2, 0.25) is 0 Å². The van der Waals surface area contributed by atoms with Crippen LogP contribution in [0.1, 0.15) is 31.6 Å². The first-order valence-electron chi connectivity index (χ1n) is 5.53. The minimum atomic E-state index is -0.634. The quantitative estimate of drug-likeness (QED) is 0.907. The third-order valence-electron chi connectivity index (χ3n) is 3.06. The summed E-state index contributed by atoms with van der Waals surface area (Å²) in [4.78, 5) is 7.53. The largest absolute Gasteiger partial charge is 0.389 e. The van der Waals surface area contributed by atoms with E-state index in [0.717, 1.165) is 25.9 Å². The summed E-state index contributed by atoms with van der Waals surface area (Å²) in [5.74, 6) is 0. The van der Waals surface area contributed by atoms with Gasteiger partial charge in [0.15, 0.2) is 4.47 Å². The number of hydrogen-bond acceptors (Lipinski definition) is 4. The Labute approximate surface area is 105 Å². The molecule has 1 atom stereocenters. The number of thiazole rings is 1. The van der Waals surface area contributed by atoms with Crippen LogP contribution in [0.25, 0.3) is 0 Å². The molecule has 1 aromatic rings. The van der Waals surface area contributed by atoms with Crippen LogP contribution >= 0.6 is 22.9 Å². The van der Waals surface area contributed by atoms with E-state index in [1.54, 1.807) is 0 Å². The maximum absolute atomic E-state index is 10.1. The predicted molar refractivity (Wildman–Crippen MR) is 66.9 cm³/mol. The normalized spacial score (nSPS) is 22.9. The Morgan fingerprint density at radius 1 is 1.69 bits per heavy atom. The maximum atomic E-state index is 10.1. The van der Waals surface area contributed by atoms with Crippen molar-refractivity contribution in [2.24, 2.45) is 0 Å². The average molecular weight is 261 g/mol. The number of aliphatic hydroxyl groups is 1. The minimum absolute atomic E-state index is 0.244. The lowest BCUT2D eigenvalue weighted by Gasteiger charge is -2.33. The van der Waals surface area contributed by atoms with Crippen molar-refractivity contribution >= 4 is 22.9 Å². The topological polar surface area (TPSA) is 36.4 Å². The van der Waals surface area contributed by atoms with Crippen LogP contribution < -0.4 is 0 Å². The van der Waals surface area contributed by atoms with Crippen molar-refractivity contribution in [3.8, 4) is 0 Å².